The maximum atomic E-state index is 10.7. The third-order valence-electron chi connectivity index (χ3n) is 2.60. The van der Waals surface area contributed by atoms with E-state index in [1.165, 1.54) is 0 Å². The Labute approximate surface area is 94.9 Å². The van der Waals surface area contributed by atoms with Crippen molar-refractivity contribution in [2.24, 2.45) is 0 Å². The largest absolute Gasteiger partial charge is 0.478 e. The zero-order chi connectivity index (χ0) is 11.3. The number of carboxylic acid groups (broad SMARTS) is 1. The molecule has 1 aliphatic heterocycles. The quantitative estimate of drug-likeness (QED) is 0.736. The molecular weight excluding hydrogens is 212 g/mol. The highest BCUT2D eigenvalue weighted by Crippen LogP contribution is 2.26. The molecule has 0 saturated carbocycles. The molecule has 2 atom stereocenters. The molecule has 1 rings (SSSR count). The summed E-state index contributed by atoms with van der Waals surface area (Å²) in [4.78, 5) is 10.7. The molecule has 3 nitrogen and oxygen atoms in total. The summed E-state index contributed by atoms with van der Waals surface area (Å²) in [5.41, 5.74) is 0.508. The van der Waals surface area contributed by atoms with Gasteiger partial charge in [0.2, 0.25) is 0 Å². The molecule has 15 heavy (non-hydrogen) atoms. The minimum absolute atomic E-state index is 0.304. The van der Waals surface area contributed by atoms with E-state index in [9.17, 15) is 4.79 Å². The summed E-state index contributed by atoms with van der Waals surface area (Å²) in [5, 5.41) is 9.34. The van der Waals surface area contributed by atoms with E-state index in [-0.39, 0.29) is 0 Å². The lowest BCUT2D eigenvalue weighted by Gasteiger charge is -2.11. The van der Waals surface area contributed by atoms with Gasteiger partial charge in [0.25, 0.3) is 0 Å². The molecule has 0 spiro atoms. The van der Waals surface area contributed by atoms with Crippen LogP contribution in [0.2, 0.25) is 0 Å². The first-order chi connectivity index (χ1) is 7.15. The number of carbonyl (C=O) groups is 1. The number of ether oxygens (including phenoxy) is 1. The number of aliphatic carboxylic acids is 1. The van der Waals surface area contributed by atoms with Crippen molar-refractivity contribution in [3.63, 3.8) is 0 Å². The fourth-order valence-corrected chi connectivity index (χ4v) is 2.74. The normalized spacial score (nSPS) is 26.9. The van der Waals surface area contributed by atoms with Crippen molar-refractivity contribution in [2.75, 3.05) is 12.4 Å². The van der Waals surface area contributed by atoms with Gasteiger partial charge in [0, 0.05) is 23.2 Å². The van der Waals surface area contributed by atoms with Crippen LogP contribution in [0.15, 0.2) is 11.6 Å². The molecular formula is C11H18O3S. The van der Waals surface area contributed by atoms with Gasteiger partial charge in [-0.3, -0.25) is 0 Å². The zero-order valence-electron chi connectivity index (χ0n) is 9.23. The SMILES string of the molecule is CCC(=CCSC1CCOC1C)C(=O)O. The van der Waals surface area contributed by atoms with Crippen molar-refractivity contribution in [1.29, 1.82) is 0 Å². The first-order valence-electron chi connectivity index (χ1n) is 5.30. The van der Waals surface area contributed by atoms with Crippen LogP contribution in [0.1, 0.15) is 26.7 Å². The van der Waals surface area contributed by atoms with Crippen LogP contribution in [-0.2, 0) is 9.53 Å². The van der Waals surface area contributed by atoms with Gasteiger partial charge < -0.3 is 9.84 Å². The molecule has 1 N–H and O–H groups in total. The Morgan fingerprint density at radius 1 is 1.67 bits per heavy atom. The second-order valence-electron chi connectivity index (χ2n) is 3.62. The van der Waals surface area contributed by atoms with Crippen LogP contribution < -0.4 is 0 Å². The van der Waals surface area contributed by atoms with Crippen LogP contribution in [0, 0.1) is 0 Å². The number of hydrogen-bond donors (Lipinski definition) is 1. The molecule has 1 saturated heterocycles. The minimum Gasteiger partial charge on any atom is -0.478 e. The highest BCUT2D eigenvalue weighted by Gasteiger charge is 2.23. The Balaban J connectivity index is 2.33. The lowest BCUT2D eigenvalue weighted by atomic mass is 10.2. The van der Waals surface area contributed by atoms with Gasteiger partial charge in [0.05, 0.1) is 6.10 Å². The van der Waals surface area contributed by atoms with E-state index in [1.54, 1.807) is 11.8 Å². The van der Waals surface area contributed by atoms with Crippen molar-refractivity contribution < 1.29 is 14.6 Å². The second kappa shape index (κ2) is 6.18. The van der Waals surface area contributed by atoms with Crippen LogP contribution in [-0.4, -0.2) is 34.8 Å². The monoisotopic (exact) mass is 230 g/mol. The Kier molecular flexibility index (Phi) is 5.19. The number of carboxylic acids is 1. The van der Waals surface area contributed by atoms with Crippen molar-refractivity contribution >= 4 is 17.7 Å². The molecule has 0 bridgehead atoms. The summed E-state index contributed by atoms with van der Waals surface area (Å²) in [6, 6.07) is 0. The lowest BCUT2D eigenvalue weighted by Crippen LogP contribution is -2.13. The average Bonchev–Trinajstić information content (AvgIpc) is 2.58. The zero-order valence-corrected chi connectivity index (χ0v) is 10.0. The van der Waals surface area contributed by atoms with E-state index in [0.717, 1.165) is 18.8 Å². The predicted octanol–water partition coefficient (Wildman–Crippen LogP) is 2.32. The van der Waals surface area contributed by atoms with E-state index in [2.05, 4.69) is 6.92 Å². The molecule has 1 fully saturated rings. The van der Waals surface area contributed by atoms with Crippen LogP contribution in [0.25, 0.3) is 0 Å². The second-order valence-corrected chi connectivity index (χ2v) is 4.90. The maximum Gasteiger partial charge on any atom is 0.331 e. The Morgan fingerprint density at radius 2 is 2.40 bits per heavy atom. The molecule has 0 aromatic carbocycles. The molecule has 0 amide bonds. The van der Waals surface area contributed by atoms with Crippen molar-refractivity contribution in [3.05, 3.63) is 11.6 Å². The van der Waals surface area contributed by atoms with Gasteiger partial charge in [0.1, 0.15) is 0 Å². The van der Waals surface area contributed by atoms with Gasteiger partial charge in [-0.2, -0.15) is 11.8 Å². The average molecular weight is 230 g/mol. The van der Waals surface area contributed by atoms with Crippen LogP contribution in [0.5, 0.6) is 0 Å². The third-order valence-corrected chi connectivity index (χ3v) is 4.01. The molecule has 2 unspecified atom stereocenters. The minimum atomic E-state index is -0.797. The van der Waals surface area contributed by atoms with Crippen molar-refractivity contribution in [3.8, 4) is 0 Å². The molecule has 0 aromatic heterocycles. The summed E-state index contributed by atoms with van der Waals surface area (Å²) >= 11 is 1.79. The van der Waals surface area contributed by atoms with E-state index in [1.807, 2.05) is 13.0 Å². The fourth-order valence-electron chi connectivity index (χ4n) is 1.59. The first kappa shape index (κ1) is 12.6. The van der Waals surface area contributed by atoms with Crippen LogP contribution in [0.4, 0.5) is 0 Å². The maximum absolute atomic E-state index is 10.7. The highest BCUT2D eigenvalue weighted by molar-refractivity contribution is 8.00. The molecule has 1 aliphatic rings. The Morgan fingerprint density at radius 3 is 2.87 bits per heavy atom. The number of hydrogen-bond acceptors (Lipinski definition) is 3. The standard InChI is InChI=1S/C11H18O3S/c1-3-9(11(12)13)5-7-15-10-4-6-14-8(10)2/h5,8,10H,3-4,6-7H2,1-2H3,(H,12,13). The molecule has 0 aromatic rings. The van der Waals surface area contributed by atoms with Crippen molar-refractivity contribution in [2.45, 2.75) is 38.0 Å². The van der Waals surface area contributed by atoms with Crippen LogP contribution in [0.3, 0.4) is 0 Å². The highest BCUT2D eigenvalue weighted by atomic mass is 32.2. The smallest absolute Gasteiger partial charge is 0.331 e. The Hall–Kier alpha value is -0.480. The Bertz CT molecular complexity index is 250. The topological polar surface area (TPSA) is 46.5 Å². The van der Waals surface area contributed by atoms with Gasteiger partial charge in [0.15, 0.2) is 0 Å². The first-order valence-corrected chi connectivity index (χ1v) is 6.35. The fraction of sp³-hybridized carbons (Fsp3) is 0.727. The molecule has 86 valence electrons. The van der Waals surface area contributed by atoms with Crippen molar-refractivity contribution in [1.82, 2.24) is 0 Å². The van der Waals surface area contributed by atoms with Crippen LogP contribution >= 0.6 is 11.8 Å². The van der Waals surface area contributed by atoms with Gasteiger partial charge in [-0.1, -0.05) is 13.0 Å². The summed E-state index contributed by atoms with van der Waals surface area (Å²) in [6.45, 7) is 4.78. The van der Waals surface area contributed by atoms with Gasteiger partial charge in [-0.05, 0) is 19.8 Å². The molecule has 0 aliphatic carbocycles. The van der Waals surface area contributed by atoms with E-state index in [4.69, 9.17) is 9.84 Å². The number of rotatable bonds is 5. The summed E-state index contributed by atoms with van der Waals surface area (Å²) in [5.74, 6) is -0.0257. The molecule has 1 heterocycles. The molecule has 0 radical (unpaired) electrons. The third kappa shape index (κ3) is 3.87. The summed E-state index contributed by atoms with van der Waals surface area (Å²) in [6.07, 6.45) is 3.79. The van der Waals surface area contributed by atoms with E-state index < -0.39 is 5.97 Å². The molecule has 4 heteroatoms. The summed E-state index contributed by atoms with van der Waals surface area (Å²) in [7, 11) is 0. The summed E-state index contributed by atoms with van der Waals surface area (Å²) < 4.78 is 5.44. The predicted molar refractivity (Wildman–Crippen MR) is 62.3 cm³/mol. The lowest BCUT2D eigenvalue weighted by molar-refractivity contribution is -0.132. The number of thioether (sulfide) groups is 1. The van der Waals surface area contributed by atoms with E-state index >= 15 is 0 Å². The van der Waals surface area contributed by atoms with E-state index in [0.29, 0.717) is 23.3 Å². The van der Waals surface area contributed by atoms with Gasteiger partial charge in [-0.15, -0.1) is 0 Å². The van der Waals surface area contributed by atoms with Gasteiger partial charge >= 0.3 is 5.97 Å². The van der Waals surface area contributed by atoms with Gasteiger partial charge in [-0.25, -0.2) is 4.79 Å².